The van der Waals surface area contributed by atoms with Crippen molar-refractivity contribution in [1.82, 2.24) is 15.1 Å². The average Bonchev–Trinajstić information content (AvgIpc) is 3.35. The molecule has 4 rings (SSSR count). The Labute approximate surface area is 171 Å². The largest absolute Gasteiger partial charge is 0.360 e. The zero-order chi connectivity index (χ0) is 21.5. The van der Waals surface area contributed by atoms with Crippen molar-refractivity contribution in [2.75, 3.05) is 5.32 Å². The number of amides is 1. The molecule has 1 amide bonds. The van der Waals surface area contributed by atoms with Gasteiger partial charge < -0.3 is 14.8 Å². The summed E-state index contributed by atoms with van der Waals surface area (Å²) in [4.78, 5) is 30.6. The van der Waals surface area contributed by atoms with Crippen molar-refractivity contribution < 1.29 is 14.2 Å². The molecule has 0 radical (unpaired) electrons. The standard InChI is InChI=1S/C21H19N5O4/c1-21(2,3)20-24-18(25-30-20)12-4-6-13(7-5-12)23-19(27)16-11-22-17-9-8-14(26(28)29)10-15(16)17/h4-11,22H,1-3H3,(H,23,27). The molecule has 152 valence electrons. The third-order valence-electron chi connectivity index (χ3n) is 4.59. The Kier molecular flexibility index (Phi) is 4.57. The molecule has 2 aromatic heterocycles. The van der Waals surface area contributed by atoms with Crippen molar-refractivity contribution >= 4 is 28.2 Å². The van der Waals surface area contributed by atoms with E-state index in [4.69, 9.17) is 4.52 Å². The lowest BCUT2D eigenvalue weighted by atomic mass is 9.97. The Morgan fingerprint density at radius 2 is 1.90 bits per heavy atom. The summed E-state index contributed by atoms with van der Waals surface area (Å²) in [6, 6.07) is 11.4. The van der Waals surface area contributed by atoms with Crippen LogP contribution in [0.3, 0.4) is 0 Å². The summed E-state index contributed by atoms with van der Waals surface area (Å²) in [6.45, 7) is 5.97. The number of aromatic nitrogens is 3. The van der Waals surface area contributed by atoms with E-state index in [0.717, 1.165) is 5.56 Å². The molecule has 0 saturated heterocycles. The van der Waals surface area contributed by atoms with Gasteiger partial charge in [-0.25, -0.2) is 0 Å². The second-order valence-electron chi connectivity index (χ2n) is 7.89. The lowest BCUT2D eigenvalue weighted by Crippen LogP contribution is -2.11. The molecule has 9 nitrogen and oxygen atoms in total. The topological polar surface area (TPSA) is 127 Å². The molecule has 30 heavy (non-hydrogen) atoms. The van der Waals surface area contributed by atoms with Crippen LogP contribution in [0.1, 0.15) is 37.0 Å². The maximum Gasteiger partial charge on any atom is 0.270 e. The number of hydrogen-bond donors (Lipinski definition) is 2. The number of benzene rings is 2. The molecule has 2 heterocycles. The number of carbonyl (C=O) groups excluding carboxylic acids is 1. The number of hydrogen-bond acceptors (Lipinski definition) is 6. The Hall–Kier alpha value is -4.01. The first-order chi connectivity index (χ1) is 14.2. The van der Waals surface area contributed by atoms with Crippen molar-refractivity contribution in [3.63, 3.8) is 0 Å². The van der Waals surface area contributed by atoms with Crippen LogP contribution in [0.4, 0.5) is 11.4 Å². The number of nitro benzene ring substituents is 1. The van der Waals surface area contributed by atoms with Gasteiger partial charge in [-0.15, -0.1) is 0 Å². The van der Waals surface area contributed by atoms with Crippen molar-refractivity contribution in [3.05, 3.63) is 70.2 Å². The fourth-order valence-corrected chi connectivity index (χ4v) is 2.96. The van der Waals surface area contributed by atoms with E-state index < -0.39 is 4.92 Å². The van der Waals surface area contributed by atoms with Gasteiger partial charge in [-0.1, -0.05) is 25.9 Å². The molecule has 0 aliphatic rings. The van der Waals surface area contributed by atoms with Crippen LogP contribution >= 0.6 is 0 Å². The maximum absolute atomic E-state index is 12.7. The third kappa shape index (κ3) is 3.64. The number of non-ortho nitro benzene ring substituents is 1. The molecule has 0 spiro atoms. The Morgan fingerprint density at radius 1 is 1.17 bits per heavy atom. The Morgan fingerprint density at radius 3 is 2.53 bits per heavy atom. The minimum atomic E-state index is -0.490. The van der Waals surface area contributed by atoms with Crippen molar-refractivity contribution in [2.24, 2.45) is 0 Å². The van der Waals surface area contributed by atoms with E-state index in [1.54, 1.807) is 30.3 Å². The van der Waals surface area contributed by atoms with Crippen LogP contribution in [-0.2, 0) is 5.41 Å². The Bertz CT molecular complexity index is 1250. The van der Waals surface area contributed by atoms with Gasteiger partial charge in [0.15, 0.2) is 0 Å². The van der Waals surface area contributed by atoms with Crippen LogP contribution in [0.15, 0.2) is 53.2 Å². The van der Waals surface area contributed by atoms with E-state index in [1.807, 2.05) is 20.8 Å². The molecule has 0 saturated carbocycles. The summed E-state index contributed by atoms with van der Waals surface area (Å²) in [7, 11) is 0. The zero-order valence-corrected chi connectivity index (χ0v) is 16.6. The van der Waals surface area contributed by atoms with Gasteiger partial charge in [-0.2, -0.15) is 4.98 Å². The van der Waals surface area contributed by atoms with Gasteiger partial charge in [0.2, 0.25) is 11.7 Å². The Balaban J connectivity index is 1.54. The molecule has 0 atom stereocenters. The van der Waals surface area contributed by atoms with Gasteiger partial charge in [0.25, 0.3) is 11.6 Å². The van der Waals surface area contributed by atoms with E-state index in [0.29, 0.717) is 33.9 Å². The fourth-order valence-electron chi connectivity index (χ4n) is 2.96. The predicted molar refractivity (Wildman–Crippen MR) is 111 cm³/mol. The second kappa shape index (κ2) is 7.11. The van der Waals surface area contributed by atoms with Gasteiger partial charge in [0.05, 0.1) is 10.5 Å². The van der Waals surface area contributed by atoms with Crippen molar-refractivity contribution in [2.45, 2.75) is 26.2 Å². The first-order valence-corrected chi connectivity index (χ1v) is 9.24. The molecule has 0 aliphatic carbocycles. The molecular formula is C21H19N5O4. The van der Waals surface area contributed by atoms with E-state index in [-0.39, 0.29) is 17.0 Å². The highest BCUT2D eigenvalue weighted by Gasteiger charge is 2.22. The first kappa shape index (κ1) is 19.3. The molecular weight excluding hydrogens is 386 g/mol. The van der Waals surface area contributed by atoms with Crippen LogP contribution in [0.25, 0.3) is 22.3 Å². The highest BCUT2D eigenvalue weighted by molar-refractivity contribution is 6.13. The molecule has 4 aromatic rings. The summed E-state index contributed by atoms with van der Waals surface area (Å²) in [6.07, 6.45) is 1.53. The van der Waals surface area contributed by atoms with E-state index in [1.165, 1.54) is 18.3 Å². The lowest BCUT2D eigenvalue weighted by Gasteiger charge is -2.10. The van der Waals surface area contributed by atoms with Crippen LogP contribution < -0.4 is 5.32 Å². The van der Waals surface area contributed by atoms with Gasteiger partial charge in [0.1, 0.15) is 0 Å². The lowest BCUT2D eigenvalue weighted by molar-refractivity contribution is -0.384. The summed E-state index contributed by atoms with van der Waals surface area (Å²) >= 11 is 0. The number of carbonyl (C=O) groups is 1. The summed E-state index contributed by atoms with van der Waals surface area (Å²) in [5.41, 5.74) is 1.99. The van der Waals surface area contributed by atoms with Gasteiger partial charge in [0, 0.05) is 45.9 Å². The number of anilines is 1. The smallest absolute Gasteiger partial charge is 0.270 e. The maximum atomic E-state index is 12.7. The molecule has 0 aliphatic heterocycles. The fraction of sp³-hybridized carbons (Fsp3) is 0.190. The number of nitrogens with zero attached hydrogens (tertiary/aromatic N) is 3. The van der Waals surface area contributed by atoms with E-state index in [2.05, 4.69) is 20.4 Å². The van der Waals surface area contributed by atoms with Crippen LogP contribution in [0.2, 0.25) is 0 Å². The normalized spacial score (nSPS) is 11.6. The average molecular weight is 405 g/mol. The third-order valence-corrected chi connectivity index (χ3v) is 4.59. The number of H-pyrrole nitrogens is 1. The highest BCUT2D eigenvalue weighted by atomic mass is 16.6. The number of nitrogens with one attached hydrogen (secondary N) is 2. The number of fused-ring (bicyclic) bond motifs is 1. The number of rotatable bonds is 4. The minimum Gasteiger partial charge on any atom is -0.360 e. The van der Waals surface area contributed by atoms with Crippen LogP contribution in [-0.4, -0.2) is 26.0 Å². The summed E-state index contributed by atoms with van der Waals surface area (Å²) < 4.78 is 5.31. The molecule has 9 heteroatoms. The van der Waals surface area contributed by atoms with Gasteiger partial charge in [-0.3, -0.25) is 14.9 Å². The molecule has 2 N–H and O–H groups in total. The number of nitro groups is 1. The van der Waals surface area contributed by atoms with E-state index in [9.17, 15) is 14.9 Å². The monoisotopic (exact) mass is 405 g/mol. The highest BCUT2D eigenvalue weighted by Crippen LogP contribution is 2.26. The SMILES string of the molecule is CC(C)(C)c1nc(-c2ccc(NC(=O)c3c[nH]c4ccc([N+](=O)[O-])cc34)cc2)no1. The predicted octanol–water partition coefficient (Wildman–Crippen LogP) is 4.68. The quantitative estimate of drug-likeness (QED) is 0.375. The van der Waals surface area contributed by atoms with Crippen LogP contribution in [0.5, 0.6) is 0 Å². The van der Waals surface area contributed by atoms with E-state index >= 15 is 0 Å². The second-order valence-corrected chi connectivity index (χ2v) is 7.89. The van der Waals surface area contributed by atoms with Gasteiger partial charge in [-0.05, 0) is 30.3 Å². The van der Waals surface area contributed by atoms with Gasteiger partial charge >= 0.3 is 0 Å². The molecule has 0 bridgehead atoms. The molecule has 0 fully saturated rings. The molecule has 2 aromatic carbocycles. The van der Waals surface area contributed by atoms with Crippen molar-refractivity contribution in [1.29, 1.82) is 0 Å². The van der Waals surface area contributed by atoms with Crippen molar-refractivity contribution in [3.8, 4) is 11.4 Å². The van der Waals surface area contributed by atoms with Crippen LogP contribution in [0, 0.1) is 10.1 Å². The number of aromatic amines is 1. The summed E-state index contributed by atoms with van der Waals surface area (Å²) in [5, 5.41) is 18.3. The summed E-state index contributed by atoms with van der Waals surface area (Å²) in [5.74, 6) is 0.647. The minimum absolute atomic E-state index is 0.0739. The molecule has 0 unspecified atom stereocenters. The zero-order valence-electron chi connectivity index (χ0n) is 16.6. The first-order valence-electron chi connectivity index (χ1n) is 9.24.